The third-order valence-corrected chi connectivity index (χ3v) is 2.93. The molecule has 90 valence electrons. The lowest BCUT2D eigenvalue weighted by molar-refractivity contribution is -0.114. The number of benzene rings is 1. The molecule has 1 heterocycles. The average molecular weight is 253 g/mol. The van der Waals surface area contributed by atoms with Crippen molar-refractivity contribution in [2.75, 3.05) is 24.5 Å². The summed E-state index contributed by atoms with van der Waals surface area (Å²) in [4.78, 5) is 25.0. The van der Waals surface area contributed by atoms with Crippen LogP contribution in [0, 0.1) is 0 Å². The Bertz CT molecular complexity index is 474. The first-order valence-electron chi connectivity index (χ1n) is 5.51. The zero-order valence-corrected chi connectivity index (χ0v) is 10.3. The highest BCUT2D eigenvalue weighted by molar-refractivity contribution is 6.52. The van der Waals surface area contributed by atoms with Crippen molar-refractivity contribution in [3.8, 4) is 0 Å². The van der Waals surface area contributed by atoms with Crippen molar-refractivity contribution in [3.63, 3.8) is 0 Å². The summed E-state index contributed by atoms with van der Waals surface area (Å²) in [6.07, 6.45) is 0. The van der Waals surface area contributed by atoms with Gasteiger partial charge in [0, 0.05) is 18.1 Å². The minimum absolute atomic E-state index is 0.402. The van der Waals surface area contributed by atoms with Crippen molar-refractivity contribution in [1.82, 2.24) is 5.32 Å². The molecule has 1 aliphatic heterocycles. The Balaban J connectivity index is 2.25. The van der Waals surface area contributed by atoms with E-state index in [9.17, 15) is 9.59 Å². The van der Waals surface area contributed by atoms with Crippen LogP contribution in [0.25, 0.3) is 0 Å². The number of nitrogens with zero attached hydrogens (tertiary/aromatic N) is 1. The lowest BCUT2D eigenvalue weighted by atomic mass is 10.1. The molecule has 5 heteroatoms. The third-order valence-electron chi connectivity index (χ3n) is 2.70. The number of nitrogens with one attached hydrogen (secondary N) is 1. The summed E-state index contributed by atoms with van der Waals surface area (Å²) >= 11 is 5.82. The van der Waals surface area contributed by atoms with Crippen LogP contribution in [0.3, 0.4) is 0 Å². The number of rotatable bonds is 4. The summed E-state index contributed by atoms with van der Waals surface area (Å²) in [5, 5.41) is 3.59. The van der Waals surface area contributed by atoms with Crippen molar-refractivity contribution in [3.05, 3.63) is 28.8 Å². The molecule has 0 radical (unpaired) electrons. The van der Waals surface area contributed by atoms with Gasteiger partial charge in [0.1, 0.15) is 0 Å². The number of anilines is 1. The molecule has 0 bridgehead atoms. The number of halogens is 1. The first-order valence-corrected chi connectivity index (χ1v) is 5.89. The molecule has 4 nitrogen and oxygen atoms in total. The molecule has 17 heavy (non-hydrogen) atoms. The van der Waals surface area contributed by atoms with Gasteiger partial charge in [0.2, 0.25) is 0 Å². The molecule has 0 unspecified atom stereocenters. The van der Waals surface area contributed by atoms with Crippen LogP contribution in [0.1, 0.15) is 17.3 Å². The molecule has 1 aromatic rings. The number of amides is 1. The number of likely N-dealkylation sites (N-methyl/N-ethyl adjacent to an activating group) is 1. The molecule has 0 saturated heterocycles. The number of hydrogen-bond donors (Lipinski definition) is 1. The number of carbonyl (C=O) groups excluding carboxylic acids is 2. The topological polar surface area (TPSA) is 49.4 Å². The summed E-state index contributed by atoms with van der Waals surface area (Å²) in [7, 11) is 0. The van der Waals surface area contributed by atoms with Gasteiger partial charge in [-0.2, -0.15) is 0 Å². The molecule has 0 spiro atoms. The summed E-state index contributed by atoms with van der Waals surface area (Å²) in [5.74, 6) is -0.945. The molecular formula is C12H13ClN2O2. The van der Waals surface area contributed by atoms with Crippen LogP contribution in [-0.4, -0.2) is 31.3 Å². The van der Waals surface area contributed by atoms with E-state index >= 15 is 0 Å². The molecule has 2 rings (SSSR count). The molecule has 0 aliphatic carbocycles. The maximum absolute atomic E-state index is 11.8. The highest BCUT2D eigenvalue weighted by Gasteiger charge is 2.35. The van der Waals surface area contributed by atoms with Gasteiger partial charge in [-0.1, -0.05) is 18.5 Å². The Morgan fingerprint density at radius 1 is 1.35 bits per heavy atom. The smallest absolute Gasteiger partial charge is 0.299 e. The lowest BCUT2D eigenvalue weighted by Crippen LogP contribution is -2.35. The highest BCUT2D eigenvalue weighted by Crippen LogP contribution is 2.30. The Labute approximate surface area is 105 Å². The van der Waals surface area contributed by atoms with Gasteiger partial charge in [0.05, 0.1) is 11.3 Å². The van der Waals surface area contributed by atoms with Crippen LogP contribution < -0.4 is 10.2 Å². The van der Waals surface area contributed by atoms with Crippen LogP contribution >= 0.6 is 11.6 Å². The van der Waals surface area contributed by atoms with E-state index in [2.05, 4.69) is 5.32 Å². The zero-order chi connectivity index (χ0) is 12.4. The van der Waals surface area contributed by atoms with E-state index in [0.29, 0.717) is 29.4 Å². The van der Waals surface area contributed by atoms with Crippen molar-refractivity contribution >= 4 is 29.0 Å². The fourth-order valence-corrected chi connectivity index (χ4v) is 2.03. The van der Waals surface area contributed by atoms with Crippen molar-refractivity contribution < 1.29 is 9.59 Å². The number of fused-ring (bicyclic) bond motifs is 1. The first-order chi connectivity index (χ1) is 8.15. The Morgan fingerprint density at radius 2 is 2.12 bits per heavy atom. The van der Waals surface area contributed by atoms with Crippen molar-refractivity contribution in [2.24, 2.45) is 0 Å². The molecule has 1 amide bonds. The van der Waals surface area contributed by atoms with Crippen LogP contribution in [0.4, 0.5) is 5.69 Å². The van der Waals surface area contributed by atoms with Gasteiger partial charge in [-0.15, -0.1) is 0 Å². The van der Waals surface area contributed by atoms with Gasteiger partial charge in [-0.3, -0.25) is 9.59 Å². The van der Waals surface area contributed by atoms with E-state index in [1.54, 1.807) is 18.2 Å². The van der Waals surface area contributed by atoms with Gasteiger partial charge < -0.3 is 10.2 Å². The van der Waals surface area contributed by atoms with Gasteiger partial charge in [-0.25, -0.2) is 0 Å². The monoisotopic (exact) mass is 252 g/mol. The molecule has 0 fully saturated rings. The number of carbonyl (C=O) groups is 2. The summed E-state index contributed by atoms with van der Waals surface area (Å²) in [5.41, 5.74) is 1.06. The molecule has 1 aromatic carbocycles. The molecule has 1 N–H and O–H groups in total. The van der Waals surface area contributed by atoms with E-state index in [-0.39, 0.29) is 0 Å². The van der Waals surface area contributed by atoms with Gasteiger partial charge in [0.15, 0.2) is 0 Å². The van der Waals surface area contributed by atoms with E-state index in [4.69, 9.17) is 11.6 Å². The van der Waals surface area contributed by atoms with Gasteiger partial charge >= 0.3 is 0 Å². The predicted octanol–water partition coefficient (Wildman–Crippen LogP) is 1.48. The molecule has 1 aliphatic rings. The fraction of sp³-hybridized carbons (Fsp3) is 0.333. The minimum atomic E-state index is -0.473. The molecule has 0 saturated carbocycles. The van der Waals surface area contributed by atoms with E-state index in [1.165, 1.54) is 4.90 Å². The third kappa shape index (κ3) is 2.18. The summed E-state index contributed by atoms with van der Waals surface area (Å²) < 4.78 is 0. The summed E-state index contributed by atoms with van der Waals surface area (Å²) in [6.45, 7) is 3.98. The van der Waals surface area contributed by atoms with E-state index < -0.39 is 11.7 Å². The van der Waals surface area contributed by atoms with E-state index in [1.807, 2.05) is 6.92 Å². The SMILES string of the molecule is CCNCCN1C(=O)C(=O)c2cc(Cl)ccc21. The zero-order valence-electron chi connectivity index (χ0n) is 9.50. The fourth-order valence-electron chi connectivity index (χ4n) is 1.86. The second kappa shape index (κ2) is 4.85. The van der Waals surface area contributed by atoms with Crippen LogP contribution in [0.5, 0.6) is 0 Å². The Kier molecular flexibility index (Phi) is 3.45. The standard InChI is InChI=1S/C12H13ClN2O2/c1-2-14-5-6-15-10-4-3-8(13)7-9(10)11(16)12(15)17/h3-4,7,14H,2,5-6H2,1H3. The normalized spacial score (nSPS) is 14.4. The summed E-state index contributed by atoms with van der Waals surface area (Å²) in [6, 6.07) is 4.95. The second-order valence-electron chi connectivity index (χ2n) is 3.80. The molecule has 0 atom stereocenters. The second-order valence-corrected chi connectivity index (χ2v) is 4.24. The van der Waals surface area contributed by atoms with Gasteiger partial charge in [0.25, 0.3) is 11.7 Å². The van der Waals surface area contributed by atoms with Crippen LogP contribution in [0.15, 0.2) is 18.2 Å². The maximum atomic E-state index is 11.8. The average Bonchev–Trinajstić information content (AvgIpc) is 2.54. The predicted molar refractivity (Wildman–Crippen MR) is 66.7 cm³/mol. The van der Waals surface area contributed by atoms with Crippen molar-refractivity contribution in [1.29, 1.82) is 0 Å². The van der Waals surface area contributed by atoms with Crippen LogP contribution in [0.2, 0.25) is 5.02 Å². The lowest BCUT2D eigenvalue weighted by Gasteiger charge is -2.16. The number of ketones is 1. The van der Waals surface area contributed by atoms with Crippen LogP contribution in [-0.2, 0) is 4.79 Å². The first kappa shape index (κ1) is 12.1. The molecular weight excluding hydrogens is 240 g/mol. The number of Topliss-reactive ketones (excluding diaryl/α,β-unsaturated/α-hetero) is 1. The minimum Gasteiger partial charge on any atom is -0.315 e. The van der Waals surface area contributed by atoms with E-state index in [0.717, 1.165) is 6.54 Å². The molecule has 0 aromatic heterocycles. The quantitative estimate of drug-likeness (QED) is 0.652. The highest BCUT2D eigenvalue weighted by atomic mass is 35.5. The maximum Gasteiger partial charge on any atom is 0.299 e. The Hall–Kier alpha value is -1.39. The number of hydrogen-bond acceptors (Lipinski definition) is 3. The Morgan fingerprint density at radius 3 is 2.82 bits per heavy atom. The van der Waals surface area contributed by atoms with Crippen molar-refractivity contribution in [2.45, 2.75) is 6.92 Å². The van der Waals surface area contributed by atoms with Gasteiger partial charge in [-0.05, 0) is 24.7 Å². The largest absolute Gasteiger partial charge is 0.315 e.